The molecule has 6 nitrogen and oxygen atoms in total. The zero-order valence-corrected chi connectivity index (χ0v) is 18.2. The summed E-state index contributed by atoms with van der Waals surface area (Å²) in [6.07, 6.45) is 6.08. The number of nitrogens with zero attached hydrogens (tertiary/aromatic N) is 4. The van der Waals surface area contributed by atoms with Gasteiger partial charge in [0.15, 0.2) is 0 Å². The van der Waals surface area contributed by atoms with Gasteiger partial charge in [0.1, 0.15) is 5.69 Å². The Bertz CT molecular complexity index is 950. The predicted molar refractivity (Wildman–Crippen MR) is 103 cm³/mol. The molecule has 0 spiro atoms. The van der Waals surface area contributed by atoms with Gasteiger partial charge in [0.25, 0.3) is 5.91 Å². The molecule has 4 rings (SSSR count). The van der Waals surface area contributed by atoms with E-state index in [0.29, 0.717) is 24.7 Å². The molecule has 0 unspecified atom stereocenters. The first-order valence-corrected chi connectivity index (χ1v) is 8.93. The second-order valence-electron chi connectivity index (χ2n) is 6.93. The predicted octanol–water partition coefficient (Wildman–Crippen LogP) is 3.57. The van der Waals surface area contributed by atoms with E-state index in [9.17, 15) is 4.79 Å². The number of hydrogen-bond donors (Lipinski definition) is 1. The van der Waals surface area contributed by atoms with Gasteiger partial charge < -0.3 is 20.2 Å². The largest absolute Gasteiger partial charge is 1.00 e. The molecule has 0 bridgehead atoms. The summed E-state index contributed by atoms with van der Waals surface area (Å²) in [5, 5.41) is 2.91. The third-order valence-corrected chi connectivity index (χ3v) is 4.71. The molecule has 1 radical (unpaired) electrons. The van der Waals surface area contributed by atoms with Gasteiger partial charge in [0, 0.05) is 37.0 Å². The van der Waals surface area contributed by atoms with Crippen molar-refractivity contribution in [1.29, 1.82) is 0 Å². The SMILES string of the molecule is CC(C)c1ccc(NC(=O)c2cc(N3Cc4cn[c-]nc4C3)ccn2)cc1.[Os+]. The van der Waals surface area contributed by atoms with E-state index in [1.54, 1.807) is 18.5 Å². The standard InChI is InChI=1S/C21H20N5O.Os/c1-14(2)15-3-5-17(6-4-15)25-21(27)19-9-18(7-8-23-19)26-11-16-10-22-13-24-20(16)12-26;/h3-10,14H,11-12H2,1-2H3,(H,25,27);/q-1;+1. The normalized spacial score (nSPS) is 12.5. The first-order chi connectivity index (χ1) is 13.1. The van der Waals surface area contributed by atoms with Crippen molar-refractivity contribution < 1.29 is 24.6 Å². The van der Waals surface area contributed by atoms with Crippen LogP contribution in [0, 0.1) is 6.33 Å². The number of aromatic nitrogens is 3. The first kappa shape index (κ1) is 20.1. The molecule has 1 N–H and O–H groups in total. The van der Waals surface area contributed by atoms with Gasteiger partial charge in [-0.25, -0.2) is 0 Å². The quantitative estimate of drug-likeness (QED) is 0.505. The maximum Gasteiger partial charge on any atom is 1.00 e. The van der Waals surface area contributed by atoms with E-state index in [2.05, 4.69) is 45.3 Å². The number of fused-ring (bicyclic) bond motifs is 1. The van der Waals surface area contributed by atoms with E-state index < -0.39 is 0 Å². The van der Waals surface area contributed by atoms with Crippen LogP contribution in [0.2, 0.25) is 0 Å². The van der Waals surface area contributed by atoms with Crippen molar-refractivity contribution in [3.05, 3.63) is 77.6 Å². The third kappa shape index (κ3) is 4.26. The van der Waals surface area contributed by atoms with Gasteiger partial charge in [-0.05, 0) is 41.4 Å². The second-order valence-corrected chi connectivity index (χ2v) is 6.93. The molecule has 1 aliphatic heterocycles. The minimum atomic E-state index is -0.223. The van der Waals surface area contributed by atoms with Gasteiger partial charge in [-0.1, -0.05) is 37.7 Å². The number of benzene rings is 1. The molecule has 1 aromatic carbocycles. The molecule has 7 heteroatoms. The Morgan fingerprint density at radius 1 is 1.18 bits per heavy atom. The smallest absolute Gasteiger partial charge is 0.375 e. The van der Waals surface area contributed by atoms with Crippen molar-refractivity contribution in [2.75, 3.05) is 10.2 Å². The summed E-state index contributed by atoms with van der Waals surface area (Å²) in [6.45, 7) is 5.67. The number of nitrogens with one attached hydrogen (secondary N) is 1. The molecule has 2 aromatic heterocycles. The zero-order chi connectivity index (χ0) is 18.8. The summed E-state index contributed by atoms with van der Waals surface area (Å²) < 4.78 is 0. The molecular formula is C21H20N5OOs. The number of pyridine rings is 1. The summed E-state index contributed by atoms with van der Waals surface area (Å²) in [7, 11) is 0. The van der Waals surface area contributed by atoms with Gasteiger partial charge >= 0.3 is 19.8 Å². The number of amides is 1. The number of carbonyl (C=O) groups excluding carboxylic acids is 1. The topological polar surface area (TPSA) is 71.0 Å². The van der Waals surface area contributed by atoms with Gasteiger partial charge in [-0.15, -0.1) is 0 Å². The van der Waals surface area contributed by atoms with Crippen LogP contribution in [0.25, 0.3) is 0 Å². The molecule has 3 aromatic rings. The first-order valence-electron chi connectivity index (χ1n) is 8.93. The van der Waals surface area contributed by atoms with Crippen molar-refractivity contribution in [3.63, 3.8) is 0 Å². The number of carbonyl (C=O) groups is 1. The molecule has 1 aliphatic rings. The van der Waals surface area contributed by atoms with Gasteiger partial charge in [0.2, 0.25) is 0 Å². The van der Waals surface area contributed by atoms with Crippen LogP contribution in [0.3, 0.4) is 0 Å². The molecular weight excluding hydrogens is 528 g/mol. The van der Waals surface area contributed by atoms with Crippen LogP contribution < -0.4 is 10.2 Å². The van der Waals surface area contributed by atoms with Gasteiger partial charge in [0.05, 0.1) is 0 Å². The Kier molecular flexibility index (Phi) is 6.16. The van der Waals surface area contributed by atoms with Crippen LogP contribution in [0.1, 0.15) is 47.1 Å². The summed E-state index contributed by atoms with van der Waals surface area (Å²) in [5.74, 6) is 0.235. The van der Waals surface area contributed by atoms with Crippen LogP contribution in [-0.2, 0) is 32.9 Å². The van der Waals surface area contributed by atoms with Crippen molar-refractivity contribution in [2.45, 2.75) is 32.9 Å². The Labute approximate surface area is 177 Å². The molecule has 0 aliphatic carbocycles. The summed E-state index contributed by atoms with van der Waals surface area (Å²) in [5.41, 5.74) is 5.37. The van der Waals surface area contributed by atoms with E-state index in [1.807, 2.05) is 30.3 Å². The number of anilines is 2. The van der Waals surface area contributed by atoms with E-state index in [-0.39, 0.29) is 25.7 Å². The van der Waals surface area contributed by atoms with Crippen molar-refractivity contribution in [2.24, 2.45) is 0 Å². The number of rotatable bonds is 4. The summed E-state index contributed by atoms with van der Waals surface area (Å²) >= 11 is 0. The van der Waals surface area contributed by atoms with Crippen LogP contribution >= 0.6 is 0 Å². The fraction of sp³-hybridized carbons (Fsp3) is 0.238. The molecule has 0 atom stereocenters. The monoisotopic (exact) mass is 550 g/mol. The Morgan fingerprint density at radius 2 is 1.96 bits per heavy atom. The molecule has 0 fully saturated rings. The van der Waals surface area contributed by atoms with Crippen LogP contribution in [0.5, 0.6) is 0 Å². The minimum absolute atomic E-state index is 0. The van der Waals surface area contributed by atoms with E-state index in [0.717, 1.165) is 22.6 Å². The average Bonchev–Trinajstić information content (AvgIpc) is 3.13. The van der Waals surface area contributed by atoms with Crippen molar-refractivity contribution in [1.82, 2.24) is 15.0 Å². The fourth-order valence-electron chi connectivity index (χ4n) is 3.12. The van der Waals surface area contributed by atoms with Gasteiger partial charge in [-0.2, -0.15) is 0 Å². The summed E-state index contributed by atoms with van der Waals surface area (Å²) in [4.78, 5) is 27.1. The van der Waals surface area contributed by atoms with E-state index in [1.165, 1.54) is 5.56 Å². The van der Waals surface area contributed by atoms with Crippen molar-refractivity contribution >= 4 is 17.3 Å². The van der Waals surface area contributed by atoms with E-state index in [4.69, 9.17) is 0 Å². The van der Waals surface area contributed by atoms with Crippen LogP contribution in [0.4, 0.5) is 11.4 Å². The Balaban J connectivity index is 0.00000225. The maximum atomic E-state index is 12.6. The average molecular weight is 549 g/mol. The molecule has 28 heavy (non-hydrogen) atoms. The molecule has 143 valence electrons. The summed E-state index contributed by atoms with van der Waals surface area (Å²) in [6, 6.07) is 11.6. The molecule has 1 amide bonds. The van der Waals surface area contributed by atoms with E-state index >= 15 is 0 Å². The fourth-order valence-corrected chi connectivity index (χ4v) is 3.12. The Hall–Kier alpha value is -2.64. The number of hydrogen-bond acceptors (Lipinski definition) is 5. The van der Waals surface area contributed by atoms with Crippen molar-refractivity contribution in [3.8, 4) is 0 Å². The maximum absolute atomic E-state index is 12.6. The molecule has 0 saturated heterocycles. The minimum Gasteiger partial charge on any atom is -0.375 e. The van der Waals surface area contributed by atoms with Crippen LogP contribution in [-0.4, -0.2) is 20.9 Å². The Morgan fingerprint density at radius 3 is 2.68 bits per heavy atom. The van der Waals surface area contributed by atoms with Crippen LogP contribution in [0.15, 0.2) is 48.8 Å². The zero-order valence-electron chi connectivity index (χ0n) is 15.7. The molecule has 0 saturated carbocycles. The third-order valence-electron chi connectivity index (χ3n) is 4.71. The second kappa shape index (κ2) is 8.58. The van der Waals surface area contributed by atoms with Gasteiger partial charge in [-0.3, -0.25) is 9.78 Å². The molecule has 3 heterocycles.